The number of hydrazine groups is 1. The zero-order valence-electron chi connectivity index (χ0n) is 6.05. The van der Waals surface area contributed by atoms with Gasteiger partial charge < -0.3 is 10.7 Å². The van der Waals surface area contributed by atoms with E-state index in [-0.39, 0.29) is 0 Å². The molecular weight excluding hydrogens is 146 g/mol. The van der Waals surface area contributed by atoms with Crippen LogP contribution in [0.15, 0.2) is 0 Å². The van der Waals surface area contributed by atoms with Crippen LogP contribution in [0.2, 0.25) is 0 Å². The molecule has 1 rings (SSSR count). The molecule has 4 N–H and O–H groups in total. The lowest BCUT2D eigenvalue weighted by Gasteiger charge is -2.33. The average molecular weight is 159 g/mol. The van der Waals surface area contributed by atoms with Crippen molar-refractivity contribution in [3.05, 3.63) is 0 Å². The van der Waals surface area contributed by atoms with Crippen LogP contribution in [0.5, 0.6) is 0 Å². The maximum atomic E-state index is 5.08. The summed E-state index contributed by atoms with van der Waals surface area (Å²) >= 11 is 4.82. The lowest BCUT2D eigenvalue weighted by Crippen LogP contribution is -2.49. The van der Waals surface area contributed by atoms with Crippen LogP contribution >= 0.6 is 12.2 Å². The molecule has 58 valence electrons. The summed E-state index contributed by atoms with van der Waals surface area (Å²) in [6.45, 7) is 2.23. The van der Waals surface area contributed by atoms with Gasteiger partial charge in [-0.05, 0) is 31.0 Å². The molecule has 0 heterocycles. The highest BCUT2D eigenvalue weighted by molar-refractivity contribution is 7.80. The molecule has 1 aliphatic rings. The minimum Gasteiger partial charge on any atom is -0.359 e. The Morgan fingerprint density at radius 3 is 2.60 bits per heavy atom. The highest BCUT2D eigenvalue weighted by Gasteiger charge is 2.25. The molecule has 10 heavy (non-hydrogen) atoms. The number of nitrogens with two attached hydrogens (primary N) is 1. The predicted molar refractivity (Wildman–Crippen MR) is 45.2 cm³/mol. The largest absolute Gasteiger partial charge is 0.359 e. The number of hydrogen-bond acceptors (Lipinski definition) is 2. The fraction of sp³-hybridized carbons (Fsp3) is 0.833. The van der Waals surface area contributed by atoms with Crippen molar-refractivity contribution in [1.82, 2.24) is 10.7 Å². The van der Waals surface area contributed by atoms with Crippen LogP contribution < -0.4 is 16.6 Å². The second kappa shape index (κ2) is 3.16. The SMILES string of the molecule is CC1CC(NC(=S)NN)C1. The Bertz CT molecular complexity index is 131. The lowest BCUT2D eigenvalue weighted by atomic mass is 9.82. The third-order valence-corrected chi connectivity index (χ3v) is 2.08. The van der Waals surface area contributed by atoms with E-state index in [0.717, 1.165) is 5.92 Å². The van der Waals surface area contributed by atoms with E-state index in [1.54, 1.807) is 0 Å². The molecule has 3 nitrogen and oxygen atoms in total. The summed E-state index contributed by atoms with van der Waals surface area (Å²) in [6.07, 6.45) is 2.42. The van der Waals surface area contributed by atoms with Crippen LogP contribution in [0.1, 0.15) is 19.8 Å². The van der Waals surface area contributed by atoms with Crippen molar-refractivity contribution in [2.45, 2.75) is 25.8 Å². The van der Waals surface area contributed by atoms with Gasteiger partial charge in [-0.3, -0.25) is 0 Å². The van der Waals surface area contributed by atoms with E-state index < -0.39 is 0 Å². The first-order chi connectivity index (χ1) is 4.72. The van der Waals surface area contributed by atoms with Gasteiger partial charge in [-0.1, -0.05) is 6.92 Å². The summed E-state index contributed by atoms with van der Waals surface area (Å²) in [4.78, 5) is 0. The topological polar surface area (TPSA) is 50.1 Å². The van der Waals surface area contributed by atoms with Gasteiger partial charge >= 0.3 is 0 Å². The first-order valence-corrected chi connectivity index (χ1v) is 3.90. The van der Waals surface area contributed by atoms with E-state index in [1.807, 2.05) is 0 Å². The molecule has 0 atom stereocenters. The minimum absolute atomic E-state index is 0.553. The highest BCUT2D eigenvalue weighted by Crippen LogP contribution is 2.25. The van der Waals surface area contributed by atoms with Crippen LogP contribution in [0.25, 0.3) is 0 Å². The second-order valence-electron chi connectivity index (χ2n) is 2.89. The van der Waals surface area contributed by atoms with Crippen molar-refractivity contribution < 1.29 is 0 Å². The molecule has 0 spiro atoms. The van der Waals surface area contributed by atoms with E-state index in [9.17, 15) is 0 Å². The molecule has 0 aliphatic heterocycles. The van der Waals surface area contributed by atoms with Gasteiger partial charge in [-0.25, -0.2) is 5.84 Å². The van der Waals surface area contributed by atoms with Crippen molar-refractivity contribution in [2.75, 3.05) is 0 Å². The van der Waals surface area contributed by atoms with Gasteiger partial charge in [0.25, 0.3) is 0 Å². The molecule has 1 saturated carbocycles. The van der Waals surface area contributed by atoms with E-state index in [4.69, 9.17) is 18.1 Å². The van der Waals surface area contributed by atoms with Gasteiger partial charge in [0.05, 0.1) is 0 Å². The molecule has 0 bridgehead atoms. The molecular formula is C6H13N3S. The van der Waals surface area contributed by atoms with Gasteiger partial charge in [0.15, 0.2) is 5.11 Å². The first kappa shape index (κ1) is 7.75. The monoisotopic (exact) mass is 159 g/mol. The van der Waals surface area contributed by atoms with Crippen molar-refractivity contribution in [3.63, 3.8) is 0 Å². The van der Waals surface area contributed by atoms with E-state index in [1.165, 1.54) is 12.8 Å². The summed E-state index contributed by atoms with van der Waals surface area (Å²) in [5, 5.41) is 3.64. The summed E-state index contributed by atoms with van der Waals surface area (Å²) in [6, 6.07) is 0.554. The normalized spacial score (nSPS) is 30.6. The smallest absolute Gasteiger partial charge is 0.180 e. The molecule has 0 radical (unpaired) electrons. The van der Waals surface area contributed by atoms with Gasteiger partial charge in [-0.2, -0.15) is 0 Å². The van der Waals surface area contributed by atoms with Gasteiger partial charge in [-0.15, -0.1) is 0 Å². The quantitative estimate of drug-likeness (QED) is 0.289. The molecule has 4 heteroatoms. The van der Waals surface area contributed by atoms with Gasteiger partial charge in [0.1, 0.15) is 0 Å². The maximum absolute atomic E-state index is 5.08. The predicted octanol–water partition coefficient (Wildman–Crippen LogP) is 0.123. The number of thiocarbonyl (C=S) groups is 1. The Morgan fingerprint density at radius 2 is 2.20 bits per heavy atom. The van der Waals surface area contributed by atoms with E-state index in [2.05, 4.69) is 17.7 Å². The summed E-state index contributed by atoms with van der Waals surface area (Å²) in [7, 11) is 0. The van der Waals surface area contributed by atoms with Gasteiger partial charge in [0.2, 0.25) is 0 Å². The van der Waals surface area contributed by atoms with Gasteiger partial charge in [0, 0.05) is 6.04 Å². The summed E-state index contributed by atoms with van der Waals surface area (Å²) < 4.78 is 0. The summed E-state index contributed by atoms with van der Waals surface area (Å²) in [5.41, 5.74) is 2.40. The average Bonchev–Trinajstić information content (AvgIpc) is 1.84. The lowest BCUT2D eigenvalue weighted by molar-refractivity contribution is 0.267. The number of hydrogen-bond donors (Lipinski definition) is 3. The molecule has 0 unspecified atom stereocenters. The Morgan fingerprint density at radius 1 is 1.60 bits per heavy atom. The summed E-state index contributed by atoms with van der Waals surface area (Å²) in [5.74, 6) is 5.93. The number of rotatable bonds is 1. The second-order valence-corrected chi connectivity index (χ2v) is 3.30. The fourth-order valence-corrected chi connectivity index (χ4v) is 1.41. The molecule has 0 saturated heterocycles. The van der Waals surface area contributed by atoms with Crippen LogP contribution in [-0.4, -0.2) is 11.2 Å². The Labute approximate surface area is 66.3 Å². The Balaban J connectivity index is 2.10. The maximum Gasteiger partial charge on any atom is 0.180 e. The molecule has 0 aromatic carbocycles. The van der Waals surface area contributed by atoms with Crippen molar-refractivity contribution >= 4 is 17.3 Å². The van der Waals surface area contributed by atoms with Crippen LogP contribution in [0, 0.1) is 5.92 Å². The first-order valence-electron chi connectivity index (χ1n) is 3.49. The van der Waals surface area contributed by atoms with Crippen molar-refractivity contribution in [1.29, 1.82) is 0 Å². The molecule has 0 amide bonds. The third kappa shape index (κ3) is 1.82. The molecule has 1 fully saturated rings. The third-order valence-electron chi connectivity index (χ3n) is 1.84. The Kier molecular flexibility index (Phi) is 2.45. The van der Waals surface area contributed by atoms with Crippen LogP contribution in [0.3, 0.4) is 0 Å². The molecule has 0 aromatic rings. The molecule has 0 aromatic heterocycles. The van der Waals surface area contributed by atoms with Crippen LogP contribution in [0.4, 0.5) is 0 Å². The number of nitrogens with one attached hydrogen (secondary N) is 2. The van der Waals surface area contributed by atoms with E-state index >= 15 is 0 Å². The van der Waals surface area contributed by atoms with Crippen molar-refractivity contribution in [2.24, 2.45) is 11.8 Å². The highest BCUT2D eigenvalue weighted by atomic mass is 32.1. The molecule has 1 aliphatic carbocycles. The zero-order valence-corrected chi connectivity index (χ0v) is 6.87. The zero-order chi connectivity index (χ0) is 7.56. The standard InChI is InChI=1S/C6H13N3S/c1-4-2-5(3-4)8-6(10)9-7/h4-5H,2-3,7H2,1H3,(H2,8,9,10). The fourth-order valence-electron chi connectivity index (χ4n) is 1.25. The van der Waals surface area contributed by atoms with Crippen molar-refractivity contribution in [3.8, 4) is 0 Å². The Hall–Kier alpha value is -0.350. The van der Waals surface area contributed by atoms with E-state index in [0.29, 0.717) is 11.2 Å². The van der Waals surface area contributed by atoms with Crippen LogP contribution in [-0.2, 0) is 0 Å². The minimum atomic E-state index is 0.553.